The van der Waals surface area contributed by atoms with Gasteiger partial charge < -0.3 is 0 Å². The highest BCUT2D eigenvalue weighted by Crippen LogP contribution is 2.34. The van der Waals surface area contributed by atoms with Gasteiger partial charge in [0.2, 0.25) is 0 Å². The summed E-state index contributed by atoms with van der Waals surface area (Å²) >= 11 is 0. The molecule has 2 nitrogen and oxygen atoms in total. The standard InChI is InChI=1S/C10H22N2S4/c1-9(2)13-15-11-5-7-12(8-6-11)16-14-10(3)4/h9-10H,5-8H2,1-4H3. The van der Waals surface area contributed by atoms with E-state index in [2.05, 4.69) is 36.3 Å². The lowest BCUT2D eigenvalue weighted by Gasteiger charge is -2.32. The second kappa shape index (κ2) is 8.43. The SMILES string of the molecule is CC(C)SSN1CCN(SSC(C)C)CC1. The van der Waals surface area contributed by atoms with Gasteiger partial charge in [0.1, 0.15) is 0 Å². The number of rotatable bonds is 6. The molecule has 0 bridgehead atoms. The normalized spacial score (nSPS) is 19.9. The molecule has 0 atom stereocenters. The first-order valence-electron chi connectivity index (χ1n) is 5.74. The first-order chi connectivity index (χ1) is 7.58. The summed E-state index contributed by atoms with van der Waals surface area (Å²) in [7, 11) is 7.82. The van der Waals surface area contributed by atoms with Crippen molar-refractivity contribution >= 4 is 43.5 Å². The van der Waals surface area contributed by atoms with Crippen molar-refractivity contribution in [2.75, 3.05) is 26.2 Å². The zero-order valence-electron chi connectivity index (χ0n) is 10.5. The molecule has 0 saturated carbocycles. The molecule has 1 aliphatic heterocycles. The quantitative estimate of drug-likeness (QED) is 0.536. The third-order valence-corrected chi connectivity index (χ3v) is 8.06. The predicted molar refractivity (Wildman–Crippen MR) is 83.8 cm³/mol. The van der Waals surface area contributed by atoms with Crippen molar-refractivity contribution in [1.29, 1.82) is 0 Å². The first-order valence-corrected chi connectivity index (χ1v) is 10.1. The summed E-state index contributed by atoms with van der Waals surface area (Å²) < 4.78 is 4.98. The summed E-state index contributed by atoms with van der Waals surface area (Å²) in [6.45, 7) is 13.8. The van der Waals surface area contributed by atoms with Gasteiger partial charge in [0.25, 0.3) is 0 Å². The van der Waals surface area contributed by atoms with Crippen molar-refractivity contribution in [3.8, 4) is 0 Å². The predicted octanol–water partition coefficient (Wildman–Crippen LogP) is 4.01. The van der Waals surface area contributed by atoms with E-state index in [0.717, 1.165) is 0 Å². The van der Waals surface area contributed by atoms with E-state index in [1.807, 2.05) is 43.5 Å². The number of hydrogen-bond donors (Lipinski definition) is 0. The second-order valence-corrected chi connectivity index (χ2v) is 9.95. The van der Waals surface area contributed by atoms with Crippen LogP contribution >= 0.6 is 43.5 Å². The molecule has 6 heteroatoms. The van der Waals surface area contributed by atoms with Crippen molar-refractivity contribution in [3.63, 3.8) is 0 Å². The van der Waals surface area contributed by atoms with Crippen molar-refractivity contribution in [2.24, 2.45) is 0 Å². The maximum absolute atomic E-state index is 2.49. The van der Waals surface area contributed by atoms with Gasteiger partial charge in [-0.15, -0.1) is 0 Å². The fourth-order valence-electron chi connectivity index (χ4n) is 1.11. The second-order valence-electron chi connectivity index (χ2n) is 4.30. The van der Waals surface area contributed by atoms with E-state index in [1.165, 1.54) is 26.2 Å². The summed E-state index contributed by atoms with van der Waals surface area (Å²) in [4.78, 5) is 0. The molecule has 0 aromatic heterocycles. The highest BCUT2D eigenvalue weighted by Gasteiger charge is 2.18. The summed E-state index contributed by atoms with van der Waals surface area (Å²) in [5.41, 5.74) is 0. The van der Waals surface area contributed by atoms with Gasteiger partial charge in [0, 0.05) is 36.7 Å². The zero-order valence-corrected chi connectivity index (χ0v) is 13.8. The Morgan fingerprint density at radius 2 is 1.00 bits per heavy atom. The van der Waals surface area contributed by atoms with Crippen LogP contribution in [0.4, 0.5) is 0 Å². The highest BCUT2D eigenvalue weighted by atomic mass is 33.1. The van der Waals surface area contributed by atoms with E-state index in [9.17, 15) is 0 Å². The van der Waals surface area contributed by atoms with Crippen LogP contribution in [0.15, 0.2) is 0 Å². The smallest absolute Gasteiger partial charge is 0.0235 e. The summed E-state index contributed by atoms with van der Waals surface area (Å²) in [6.07, 6.45) is 0. The maximum atomic E-state index is 2.49. The van der Waals surface area contributed by atoms with Crippen molar-refractivity contribution in [1.82, 2.24) is 8.61 Å². The van der Waals surface area contributed by atoms with Crippen LogP contribution in [0.3, 0.4) is 0 Å². The monoisotopic (exact) mass is 298 g/mol. The van der Waals surface area contributed by atoms with Gasteiger partial charge in [-0.1, -0.05) is 49.3 Å². The molecule has 1 heterocycles. The van der Waals surface area contributed by atoms with Crippen LogP contribution in [0.2, 0.25) is 0 Å². The van der Waals surface area contributed by atoms with Gasteiger partial charge >= 0.3 is 0 Å². The Bertz CT molecular complexity index is 162. The first kappa shape index (κ1) is 15.4. The van der Waals surface area contributed by atoms with E-state index in [-0.39, 0.29) is 0 Å². The lowest BCUT2D eigenvalue weighted by molar-refractivity contribution is 0.312. The molecular formula is C10H22N2S4. The summed E-state index contributed by atoms with van der Waals surface area (Å²) in [5.74, 6) is 0. The lowest BCUT2D eigenvalue weighted by atomic mass is 10.4. The molecule has 0 spiro atoms. The van der Waals surface area contributed by atoms with E-state index in [4.69, 9.17) is 0 Å². The Morgan fingerprint density at radius 1 is 0.688 bits per heavy atom. The average molecular weight is 299 g/mol. The molecule has 1 fully saturated rings. The molecule has 1 aliphatic rings. The van der Waals surface area contributed by atoms with Gasteiger partial charge in [-0.3, -0.25) is 0 Å². The van der Waals surface area contributed by atoms with Gasteiger partial charge in [0.05, 0.1) is 0 Å². The van der Waals surface area contributed by atoms with Gasteiger partial charge in [-0.25, -0.2) is 8.61 Å². The van der Waals surface area contributed by atoms with Crippen molar-refractivity contribution in [2.45, 2.75) is 38.2 Å². The van der Waals surface area contributed by atoms with Crippen LogP contribution in [-0.4, -0.2) is 45.3 Å². The fourth-order valence-corrected chi connectivity index (χ4v) is 4.98. The molecule has 1 rings (SSSR count). The van der Waals surface area contributed by atoms with E-state index in [0.29, 0.717) is 10.5 Å². The highest BCUT2D eigenvalue weighted by molar-refractivity contribution is 8.76. The van der Waals surface area contributed by atoms with Gasteiger partial charge in [0.15, 0.2) is 0 Å². The molecule has 0 aliphatic carbocycles. The topological polar surface area (TPSA) is 6.48 Å². The Balaban J connectivity index is 2.09. The largest absolute Gasteiger partial charge is 0.239 e. The molecule has 96 valence electrons. The molecule has 1 saturated heterocycles. The molecule has 0 radical (unpaired) electrons. The van der Waals surface area contributed by atoms with Crippen LogP contribution in [-0.2, 0) is 0 Å². The summed E-state index contributed by atoms with van der Waals surface area (Å²) in [6, 6.07) is 0. The molecule has 0 aromatic carbocycles. The number of hydrogen-bond acceptors (Lipinski definition) is 6. The fraction of sp³-hybridized carbons (Fsp3) is 1.00. The van der Waals surface area contributed by atoms with Crippen molar-refractivity contribution in [3.05, 3.63) is 0 Å². The van der Waals surface area contributed by atoms with E-state index >= 15 is 0 Å². The molecule has 16 heavy (non-hydrogen) atoms. The Kier molecular flexibility index (Phi) is 8.10. The minimum Gasteiger partial charge on any atom is -0.239 e. The Hall–Kier alpha value is 1.32. The molecule has 0 N–H and O–H groups in total. The van der Waals surface area contributed by atoms with Crippen LogP contribution in [0.25, 0.3) is 0 Å². The Labute approximate surface area is 116 Å². The third-order valence-electron chi connectivity index (χ3n) is 1.88. The van der Waals surface area contributed by atoms with Crippen LogP contribution in [0.5, 0.6) is 0 Å². The molecule has 0 amide bonds. The minimum absolute atomic E-state index is 0.717. The average Bonchev–Trinajstić information content (AvgIpc) is 2.25. The molecular weight excluding hydrogens is 276 g/mol. The summed E-state index contributed by atoms with van der Waals surface area (Å²) in [5, 5.41) is 1.43. The van der Waals surface area contributed by atoms with Crippen molar-refractivity contribution < 1.29 is 0 Å². The maximum Gasteiger partial charge on any atom is 0.0235 e. The number of nitrogens with zero attached hydrogens (tertiary/aromatic N) is 2. The molecule has 0 aromatic rings. The van der Waals surface area contributed by atoms with E-state index in [1.54, 1.807) is 0 Å². The third kappa shape index (κ3) is 6.91. The minimum atomic E-state index is 0.717. The van der Waals surface area contributed by atoms with Gasteiger partial charge in [-0.2, -0.15) is 0 Å². The van der Waals surface area contributed by atoms with E-state index < -0.39 is 0 Å². The van der Waals surface area contributed by atoms with Gasteiger partial charge in [-0.05, 0) is 22.0 Å². The van der Waals surface area contributed by atoms with Crippen LogP contribution < -0.4 is 0 Å². The lowest BCUT2D eigenvalue weighted by Crippen LogP contribution is -2.39. The number of piperazine rings is 1. The van der Waals surface area contributed by atoms with Crippen LogP contribution in [0.1, 0.15) is 27.7 Å². The Morgan fingerprint density at radius 3 is 1.25 bits per heavy atom. The van der Waals surface area contributed by atoms with Crippen LogP contribution in [0, 0.1) is 0 Å². The zero-order chi connectivity index (χ0) is 12.0. The molecule has 0 unspecified atom stereocenters.